The zero-order valence-electron chi connectivity index (χ0n) is 17.1. The van der Waals surface area contributed by atoms with Gasteiger partial charge in [0.25, 0.3) is 0 Å². The zero-order valence-corrected chi connectivity index (χ0v) is 17.1. The van der Waals surface area contributed by atoms with E-state index in [9.17, 15) is 4.79 Å². The first-order valence-corrected chi connectivity index (χ1v) is 10.6. The molecule has 0 radical (unpaired) electrons. The molecule has 0 spiro atoms. The number of hydrogen-bond acceptors (Lipinski definition) is 5. The van der Waals surface area contributed by atoms with E-state index >= 15 is 0 Å². The van der Waals surface area contributed by atoms with Gasteiger partial charge >= 0.3 is 6.03 Å². The predicted octanol–water partition coefficient (Wildman–Crippen LogP) is 3.65. The number of aryl methyl sites for hydroxylation is 1. The molecule has 2 fully saturated rings. The van der Waals surface area contributed by atoms with Crippen LogP contribution in [0.4, 0.5) is 27.8 Å². The summed E-state index contributed by atoms with van der Waals surface area (Å²) in [4.78, 5) is 29.1. The van der Waals surface area contributed by atoms with E-state index in [-0.39, 0.29) is 12.1 Å². The number of rotatable bonds is 2. The Morgan fingerprint density at radius 3 is 2.86 bits per heavy atom. The molecule has 2 amide bonds. The molecule has 3 aliphatic rings. The molecule has 2 aromatic rings. The Balaban J connectivity index is 1.47. The number of urea groups is 1. The first-order valence-electron chi connectivity index (χ1n) is 10.6. The quantitative estimate of drug-likeness (QED) is 0.845. The molecule has 2 atom stereocenters. The molecule has 0 aromatic carbocycles. The largest absolute Gasteiger partial charge is 0.366 e. The summed E-state index contributed by atoms with van der Waals surface area (Å²) in [6, 6.07) is 6.24. The van der Waals surface area contributed by atoms with Crippen molar-refractivity contribution in [3.63, 3.8) is 0 Å². The van der Waals surface area contributed by atoms with Gasteiger partial charge in [-0.25, -0.2) is 9.78 Å². The van der Waals surface area contributed by atoms with E-state index in [2.05, 4.69) is 39.2 Å². The van der Waals surface area contributed by atoms with Crippen LogP contribution in [0.1, 0.15) is 31.7 Å². The minimum Gasteiger partial charge on any atom is -0.366 e. The highest BCUT2D eigenvalue weighted by Gasteiger charge is 2.40. The smallest absolute Gasteiger partial charge is 0.327 e. The molecule has 1 N–H and O–H groups in total. The van der Waals surface area contributed by atoms with Crippen molar-refractivity contribution in [3.05, 3.63) is 36.2 Å². The number of amides is 2. The number of carbonyl (C=O) groups excluding carboxylic acids is 1. The standard InChI is InChI=1S/C22H28N6O/c1-15-4-3-8-27(13-15)20-6-5-19-21(25-20)28(18-7-9-26(19)14-18)22(29)24-17-10-16(2)11-23-12-17/h5-6,10-12,15,18H,3-4,7-9,13-14H2,1-2H3,(H,24,29)/t15?,18-/m0/s1. The second-order valence-corrected chi connectivity index (χ2v) is 8.65. The Labute approximate surface area is 171 Å². The van der Waals surface area contributed by atoms with Crippen molar-refractivity contribution in [2.24, 2.45) is 5.92 Å². The van der Waals surface area contributed by atoms with Crippen LogP contribution in [0.2, 0.25) is 0 Å². The van der Waals surface area contributed by atoms with E-state index < -0.39 is 0 Å². The summed E-state index contributed by atoms with van der Waals surface area (Å²) in [5, 5.41) is 3.03. The minimum absolute atomic E-state index is 0.123. The third-order valence-corrected chi connectivity index (χ3v) is 6.26. The number of pyridine rings is 2. The molecule has 2 aromatic heterocycles. The number of hydrogen-bond donors (Lipinski definition) is 1. The molecule has 2 bridgehead atoms. The second kappa shape index (κ2) is 7.21. The Morgan fingerprint density at radius 1 is 1.14 bits per heavy atom. The van der Waals surface area contributed by atoms with Crippen LogP contribution >= 0.6 is 0 Å². The molecule has 1 unspecified atom stereocenters. The molecule has 5 heterocycles. The number of nitrogens with zero attached hydrogens (tertiary/aromatic N) is 5. The monoisotopic (exact) mass is 392 g/mol. The third-order valence-electron chi connectivity index (χ3n) is 6.26. The van der Waals surface area contributed by atoms with Gasteiger partial charge in [-0.15, -0.1) is 0 Å². The lowest BCUT2D eigenvalue weighted by molar-refractivity contribution is 0.255. The maximum absolute atomic E-state index is 13.3. The number of carbonyl (C=O) groups is 1. The molecule has 5 rings (SSSR count). The lowest BCUT2D eigenvalue weighted by Gasteiger charge is -2.37. The van der Waals surface area contributed by atoms with Crippen molar-refractivity contribution in [3.8, 4) is 0 Å². The van der Waals surface area contributed by atoms with Gasteiger partial charge in [-0.05, 0) is 55.9 Å². The first-order chi connectivity index (χ1) is 14.1. The van der Waals surface area contributed by atoms with Gasteiger partial charge in [-0.3, -0.25) is 9.88 Å². The van der Waals surface area contributed by atoms with Gasteiger partial charge in [0.05, 0.1) is 23.6 Å². The van der Waals surface area contributed by atoms with Crippen LogP contribution in [0.25, 0.3) is 0 Å². The van der Waals surface area contributed by atoms with E-state index in [4.69, 9.17) is 4.98 Å². The molecular formula is C22H28N6O. The fourth-order valence-corrected chi connectivity index (χ4v) is 4.84. The van der Waals surface area contributed by atoms with Gasteiger partial charge in [0.1, 0.15) is 5.82 Å². The topological polar surface area (TPSA) is 64.6 Å². The van der Waals surface area contributed by atoms with Gasteiger partial charge in [0.15, 0.2) is 5.82 Å². The lowest BCUT2D eigenvalue weighted by atomic mass is 10.0. The number of fused-ring (bicyclic) bond motifs is 4. The number of nitrogens with one attached hydrogen (secondary N) is 1. The van der Waals surface area contributed by atoms with Crippen molar-refractivity contribution in [1.82, 2.24) is 9.97 Å². The van der Waals surface area contributed by atoms with Crippen molar-refractivity contribution < 1.29 is 4.79 Å². The highest BCUT2D eigenvalue weighted by Crippen LogP contribution is 2.40. The van der Waals surface area contributed by atoms with Crippen molar-refractivity contribution in [2.45, 2.75) is 39.2 Å². The van der Waals surface area contributed by atoms with Crippen LogP contribution in [0.15, 0.2) is 30.6 Å². The summed E-state index contributed by atoms with van der Waals surface area (Å²) in [7, 11) is 0. The minimum atomic E-state index is -0.123. The molecule has 2 saturated heterocycles. The van der Waals surface area contributed by atoms with Gasteiger partial charge in [-0.2, -0.15) is 0 Å². The van der Waals surface area contributed by atoms with Gasteiger partial charge in [0.2, 0.25) is 0 Å². The van der Waals surface area contributed by atoms with Crippen LogP contribution < -0.4 is 20.0 Å². The summed E-state index contributed by atoms with van der Waals surface area (Å²) in [5.41, 5.74) is 2.80. The first kappa shape index (κ1) is 18.2. The van der Waals surface area contributed by atoms with Crippen LogP contribution in [-0.4, -0.2) is 48.2 Å². The highest BCUT2D eigenvalue weighted by atomic mass is 16.2. The van der Waals surface area contributed by atoms with E-state index in [1.165, 1.54) is 12.8 Å². The average Bonchev–Trinajstić information content (AvgIpc) is 3.12. The molecule has 152 valence electrons. The normalized spacial score (nSPS) is 23.2. The van der Waals surface area contributed by atoms with Gasteiger partial charge < -0.3 is 15.1 Å². The van der Waals surface area contributed by atoms with Crippen LogP contribution in [0, 0.1) is 12.8 Å². The Bertz CT molecular complexity index is 931. The molecule has 0 aliphatic carbocycles. The van der Waals surface area contributed by atoms with E-state index in [0.717, 1.165) is 61.2 Å². The zero-order chi connectivity index (χ0) is 20.0. The lowest BCUT2D eigenvalue weighted by Crippen LogP contribution is -2.48. The Morgan fingerprint density at radius 2 is 2.03 bits per heavy atom. The molecule has 0 saturated carbocycles. The van der Waals surface area contributed by atoms with Crippen molar-refractivity contribution in [1.29, 1.82) is 0 Å². The highest BCUT2D eigenvalue weighted by molar-refractivity contribution is 6.04. The summed E-state index contributed by atoms with van der Waals surface area (Å²) in [5.74, 6) is 2.44. The molecular weight excluding hydrogens is 364 g/mol. The van der Waals surface area contributed by atoms with Gasteiger partial charge in [-0.1, -0.05) is 6.92 Å². The van der Waals surface area contributed by atoms with Crippen molar-refractivity contribution in [2.75, 3.05) is 46.2 Å². The van der Waals surface area contributed by atoms with Crippen LogP contribution in [-0.2, 0) is 0 Å². The summed E-state index contributed by atoms with van der Waals surface area (Å²) < 4.78 is 0. The van der Waals surface area contributed by atoms with Crippen LogP contribution in [0.5, 0.6) is 0 Å². The predicted molar refractivity (Wildman–Crippen MR) is 116 cm³/mol. The molecule has 3 aliphatic heterocycles. The Kier molecular flexibility index (Phi) is 4.53. The van der Waals surface area contributed by atoms with E-state index in [0.29, 0.717) is 5.92 Å². The number of aromatic nitrogens is 2. The van der Waals surface area contributed by atoms with Crippen LogP contribution in [0.3, 0.4) is 0 Å². The second-order valence-electron chi connectivity index (χ2n) is 8.65. The summed E-state index contributed by atoms with van der Waals surface area (Å²) in [6.07, 6.45) is 6.91. The maximum atomic E-state index is 13.3. The van der Waals surface area contributed by atoms with E-state index in [1.54, 1.807) is 12.4 Å². The summed E-state index contributed by atoms with van der Waals surface area (Å²) in [6.45, 7) is 8.17. The van der Waals surface area contributed by atoms with Crippen molar-refractivity contribution >= 4 is 29.0 Å². The average molecular weight is 393 g/mol. The molecule has 29 heavy (non-hydrogen) atoms. The number of anilines is 4. The van der Waals surface area contributed by atoms with Gasteiger partial charge in [0, 0.05) is 32.4 Å². The molecule has 7 nitrogen and oxygen atoms in total. The Hall–Kier alpha value is -2.83. The SMILES string of the molecule is Cc1cncc(NC(=O)N2c3nc(N4CCCC(C)C4)ccc3N3CC[C@H]2C3)c1. The molecule has 7 heteroatoms. The fraction of sp³-hybridized carbons (Fsp3) is 0.500. The number of piperidine rings is 1. The third kappa shape index (κ3) is 3.39. The van der Waals surface area contributed by atoms with E-state index in [1.807, 2.05) is 17.9 Å². The fourth-order valence-electron chi connectivity index (χ4n) is 4.84. The maximum Gasteiger partial charge on any atom is 0.327 e. The summed E-state index contributed by atoms with van der Waals surface area (Å²) >= 11 is 0.